The maximum Gasteiger partial charge on any atom is 0.150 e. The zero-order valence-electron chi connectivity index (χ0n) is 11.5. The first kappa shape index (κ1) is 12.7. The largest absolute Gasteiger partial charge is 0.397 e. The van der Waals surface area contributed by atoms with Crippen LogP contribution in [0.15, 0.2) is 30.7 Å². The number of anilines is 3. The van der Waals surface area contributed by atoms with Gasteiger partial charge in [-0.15, -0.1) is 0 Å². The van der Waals surface area contributed by atoms with Crippen molar-refractivity contribution in [1.82, 2.24) is 15.0 Å². The number of pyridine rings is 1. The molecule has 2 aromatic heterocycles. The standard InChI is InChI=1S/C14H18N6/c1-11-14(17-5-4-16-11)20-8-6-19(7-9-20)13-3-2-12(15)10-18-13/h2-5,10H,6-9,15H2,1H3. The Hall–Kier alpha value is -2.37. The Balaban J connectivity index is 1.68. The molecule has 2 aromatic rings. The van der Waals surface area contributed by atoms with Gasteiger partial charge in [-0.3, -0.25) is 4.98 Å². The second-order valence-corrected chi connectivity index (χ2v) is 4.89. The van der Waals surface area contributed by atoms with Crippen molar-refractivity contribution < 1.29 is 0 Å². The van der Waals surface area contributed by atoms with Gasteiger partial charge in [-0.25, -0.2) is 9.97 Å². The number of piperazine rings is 1. The minimum Gasteiger partial charge on any atom is -0.397 e. The molecule has 0 aliphatic carbocycles. The van der Waals surface area contributed by atoms with Crippen molar-refractivity contribution in [3.05, 3.63) is 36.4 Å². The highest BCUT2D eigenvalue weighted by atomic mass is 15.3. The normalized spacial score (nSPS) is 15.4. The highest BCUT2D eigenvalue weighted by Gasteiger charge is 2.20. The van der Waals surface area contributed by atoms with Crippen LogP contribution in [0.1, 0.15) is 5.69 Å². The summed E-state index contributed by atoms with van der Waals surface area (Å²) in [5.74, 6) is 1.96. The van der Waals surface area contributed by atoms with E-state index in [0.29, 0.717) is 5.69 Å². The summed E-state index contributed by atoms with van der Waals surface area (Å²) >= 11 is 0. The molecule has 3 rings (SSSR count). The smallest absolute Gasteiger partial charge is 0.150 e. The lowest BCUT2D eigenvalue weighted by Crippen LogP contribution is -2.47. The van der Waals surface area contributed by atoms with Crippen molar-refractivity contribution >= 4 is 17.3 Å². The Kier molecular flexibility index (Phi) is 3.37. The van der Waals surface area contributed by atoms with Crippen LogP contribution in [0, 0.1) is 6.92 Å². The van der Waals surface area contributed by atoms with Crippen molar-refractivity contribution in [1.29, 1.82) is 0 Å². The van der Waals surface area contributed by atoms with Gasteiger partial charge in [-0.2, -0.15) is 0 Å². The maximum absolute atomic E-state index is 5.67. The molecular weight excluding hydrogens is 252 g/mol. The van der Waals surface area contributed by atoms with Gasteiger partial charge in [-0.05, 0) is 19.1 Å². The highest BCUT2D eigenvalue weighted by molar-refractivity contribution is 5.49. The number of aryl methyl sites for hydroxylation is 1. The molecule has 0 unspecified atom stereocenters. The van der Waals surface area contributed by atoms with Gasteiger partial charge in [0.1, 0.15) is 11.6 Å². The summed E-state index contributed by atoms with van der Waals surface area (Å²) in [5.41, 5.74) is 7.34. The van der Waals surface area contributed by atoms with Crippen LogP contribution in [0.3, 0.4) is 0 Å². The fourth-order valence-electron chi connectivity index (χ4n) is 2.44. The van der Waals surface area contributed by atoms with E-state index in [2.05, 4.69) is 24.8 Å². The molecule has 2 N–H and O–H groups in total. The third-order valence-corrected chi connectivity index (χ3v) is 3.53. The van der Waals surface area contributed by atoms with Crippen molar-refractivity contribution in [2.45, 2.75) is 6.92 Å². The maximum atomic E-state index is 5.67. The molecule has 1 aliphatic rings. The summed E-state index contributed by atoms with van der Waals surface area (Å²) in [6.07, 6.45) is 5.18. The predicted molar refractivity (Wildman–Crippen MR) is 79.8 cm³/mol. The van der Waals surface area contributed by atoms with Gasteiger partial charge in [0, 0.05) is 38.6 Å². The molecule has 6 nitrogen and oxygen atoms in total. The molecule has 104 valence electrons. The molecule has 0 bridgehead atoms. The Bertz CT molecular complexity index is 574. The zero-order chi connectivity index (χ0) is 13.9. The number of aromatic nitrogens is 3. The lowest BCUT2D eigenvalue weighted by atomic mass is 10.3. The highest BCUT2D eigenvalue weighted by Crippen LogP contribution is 2.19. The number of rotatable bonds is 2. The lowest BCUT2D eigenvalue weighted by molar-refractivity contribution is 0.639. The molecule has 0 aromatic carbocycles. The Labute approximate surface area is 118 Å². The predicted octanol–water partition coefficient (Wildman–Crippen LogP) is 1.09. The molecule has 0 atom stereocenters. The van der Waals surface area contributed by atoms with Crippen LogP contribution < -0.4 is 15.5 Å². The van der Waals surface area contributed by atoms with E-state index >= 15 is 0 Å². The van der Waals surface area contributed by atoms with Gasteiger partial charge in [-0.1, -0.05) is 0 Å². The minimum absolute atomic E-state index is 0.697. The second kappa shape index (κ2) is 5.32. The zero-order valence-corrected chi connectivity index (χ0v) is 11.5. The van der Waals surface area contributed by atoms with Crippen LogP contribution in [0.2, 0.25) is 0 Å². The van der Waals surface area contributed by atoms with Crippen LogP contribution in [0.4, 0.5) is 17.3 Å². The van der Waals surface area contributed by atoms with Gasteiger partial charge in [0.25, 0.3) is 0 Å². The van der Waals surface area contributed by atoms with Crippen LogP contribution in [0.25, 0.3) is 0 Å². The molecule has 1 aliphatic heterocycles. The van der Waals surface area contributed by atoms with E-state index in [-0.39, 0.29) is 0 Å². The van der Waals surface area contributed by atoms with Crippen molar-refractivity contribution in [3.63, 3.8) is 0 Å². The third-order valence-electron chi connectivity index (χ3n) is 3.53. The SMILES string of the molecule is Cc1nccnc1N1CCN(c2ccc(N)cn2)CC1. The second-order valence-electron chi connectivity index (χ2n) is 4.89. The third kappa shape index (κ3) is 2.49. The van der Waals surface area contributed by atoms with E-state index < -0.39 is 0 Å². The lowest BCUT2D eigenvalue weighted by Gasteiger charge is -2.36. The van der Waals surface area contributed by atoms with Gasteiger partial charge in [0.05, 0.1) is 17.6 Å². The molecule has 1 saturated heterocycles. The molecule has 20 heavy (non-hydrogen) atoms. The van der Waals surface area contributed by atoms with Gasteiger partial charge in [0.15, 0.2) is 0 Å². The summed E-state index contributed by atoms with van der Waals surface area (Å²) in [6, 6.07) is 3.86. The summed E-state index contributed by atoms with van der Waals surface area (Å²) in [6.45, 7) is 5.69. The summed E-state index contributed by atoms with van der Waals surface area (Å²) < 4.78 is 0. The number of hydrogen-bond donors (Lipinski definition) is 1. The number of nitrogens with two attached hydrogens (primary N) is 1. The van der Waals surface area contributed by atoms with E-state index in [0.717, 1.165) is 43.5 Å². The first-order valence-electron chi connectivity index (χ1n) is 6.73. The summed E-state index contributed by atoms with van der Waals surface area (Å²) in [4.78, 5) is 17.6. The first-order chi connectivity index (χ1) is 9.74. The van der Waals surface area contributed by atoms with Crippen molar-refractivity contribution in [3.8, 4) is 0 Å². The Morgan fingerprint density at radius 1 is 0.950 bits per heavy atom. The molecule has 0 spiro atoms. The first-order valence-corrected chi connectivity index (χ1v) is 6.73. The van der Waals surface area contributed by atoms with E-state index in [1.54, 1.807) is 18.6 Å². The van der Waals surface area contributed by atoms with E-state index in [4.69, 9.17) is 5.73 Å². The van der Waals surface area contributed by atoms with Crippen molar-refractivity contribution in [2.24, 2.45) is 0 Å². The molecule has 1 fully saturated rings. The molecule has 0 amide bonds. The van der Waals surface area contributed by atoms with E-state index in [1.165, 1.54) is 0 Å². The minimum atomic E-state index is 0.697. The summed E-state index contributed by atoms with van der Waals surface area (Å²) in [7, 11) is 0. The van der Waals surface area contributed by atoms with E-state index in [1.807, 2.05) is 19.1 Å². The average Bonchev–Trinajstić information content (AvgIpc) is 2.49. The van der Waals surface area contributed by atoms with Crippen LogP contribution >= 0.6 is 0 Å². The van der Waals surface area contributed by atoms with Crippen LogP contribution in [-0.2, 0) is 0 Å². The number of hydrogen-bond acceptors (Lipinski definition) is 6. The topological polar surface area (TPSA) is 71.2 Å². The molecule has 0 radical (unpaired) electrons. The quantitative estimate of drug-likeness (QED) is 0.880. The fourth-order valence-corrected chi connectivity index (χ4v) is 2.44. The average molecular weight is 270 g/mol. The van der Waals surface area contributed by atoms with Gasteiger partial charge in [0.2, 0.25) is 0 Å². The molecule has 0 saturated carbocycles. The van der Waals surface area contributed by atoms with Gasteiger partial charge >= 0.3 is 0 Å². The van der Waals surface area contributed by atoms with Gasteiger partial charge < -0.3 is 15.5 Å². The molecule has 6 heteroatoms. The fraction of sp³-hybridized carbons (Fsp3) is 0.357. The molecular formula is C14H18N6. The Morgan fingerprint density at radius 3 is 2.30 bits per heavy atom. The van der Waals surface area contributed by atoms with Crippen molar-refractivity contribution in [2.75, 3.05) is 41.7 Å². The monoisotopic (exact) mass is 270 g/mol. The number of nitrogens with zero attached hydrogens (tertiary/aromatic N) is 5. The number of nitrogen functional groups attached to an aromatic ring is 1. The molecule has 3 heterocycles. The van der Waals surface area contributed by atoms with E-state index in [9.17, 15) is 0 Å². The van der Waals surface area contributed by atoms with Crippen LogP contribution in [0.5, 0.6) is 0 Å². The Morgan fingerprint density at radius 2 is 1.65 bits per heavy atom. The summed E-state index contributed by atoms with van der Waals surface area (Å²) in [5, 5.41) is 0. The van der Waals surface area contributed by atoms with Crippen LogP contribution in [-0.4, -0.2) is 41.1 Å².